The Morgan fingerprint density at radius 3 is 2.74 bits per heavy atom. The van der Waals surface area contributed by atoms with E-state index >= 15 is 0 Å². The molecule has 4 rings (SSSR count). The highest BCUT2D eigenvalue weighted by molar-refractivity contribution is 7.89. The van der Waals surface area contributed by atoms with Crippen molar-refractivity contribution < 1.29 is 14.1 Å². The molecule has 2 aliphatic rings. The van der Waals surface area contributed by atoms with E-state index in [1.807, 2.05) is 39.1 Å². The molecule has 2 fully saturated rings. The number of benzene rings is 1. The third-order valence-electron chi connectivity index (χ3n) is 6.15. The minimum absolute atomic E-state index is 0.219. The van der Waals surface area contributed by atoms with Crippen molar-refractivity contribution >= 4 is 34.5 Å². The Labute approximate surface area is 209 Å². The van der Waals surface area contributed by atoms with Gasteiger partial charge in [0.05, 0.1) is 32.3 Å². The van der Waals surface area contributed by atoms with Gasteiger partial charge in [-0.2, -0.15) is 0 Å². The topological polar surface area (TPSA) is 98.3 Å². The third-order valence-corrected chi connectivity index (χ3v) is 8.88. The first-order valence-electron chi connectivity index (χ1n) is 12.3. The van der Waals surface area contributed by atoms with E-state index in [0.717, 1.165) is 29.8 Å². The number of aromatic nitrogens is 1. The SMILES string of the molecule is CC(C)(C)N[S+]([O-])c1cc(NC(=O)OCC2CCCN2)ccc1-c1cnc(C2CCCCC2)s1. The number of thiazole rings is 1. The summed E-state index contributed by atoms with van der Waals surface area (Å²) in [7, 11) is 0. The van der Waals surface area contributed by atoms with Gasteiger partial charge < -0.3 is 14.6 Å². The normalized spacial score (nSPS) is 20.3. The highest BCUT2D eigenvalue weighted by Crippen LogP contribution is 2.39. The van der Waals surface area contributed by atoms with Crippen LogP contribution in [0.4, 0.5) is 10.5 Å². The van der Waals surface area contributed by atoms with Gasteiger partial charge in [0.1, 0.15) is 6.61 Å². The molecule has 1 saturated heterocycles. The zero-order chi connectivity index (χ0) is 24.1. The standard InChI is InChI=1S/C25H36N4O3S2/c1-25(2,3)29-34(31)22-14-18(28-24(30)32-16-19-10-7-13-26-19)11-12-20(22)21-15-27-23(33-21)17-8-5-4-6-9-17/h11-12,14-15,17,19,26,29H,4-10,13,16H2,1-3H3,(H,28,30). The van der Waals surface area contributed by atoms with E-state index in [-0.39, 0.29) is 11.6 Å². The number of ether oxygens (including phenoxy) is 1. The molecule has 1 aliphatic heterocycles. The number of anilines is 1. The van der Waals surface area contributed by atoms with Gasteiger partial charge in [-0.3, -0.25) is 5.32 Å². The molecule has 1 aromatic heterocycles. The summed E-state index contributed by atoms with van der Waals surface area (Å²) >= 11 is 0.227. The summed E-state index contributed by atoms with van der Waals surface area (Å²) in [6, 6.07) is 5.75. The van der Waals surface area contributed by atoms with Gasteiger partial charge >= 0.3 is 6.09 Å². The van der Waals surface area contributed by atoms with E-state index in [9.17, 15) is 9.35 Å². The summed E-state index contributed by atoms with van der Waals surface area (Å²) in [4.78, 5) is 18.7. The van der Waals surface area contributed by atoms with Crippen LogP contribution in [-0.4, -0.2) is 40.4 Å². The van der Waals surface area contributed by atoms with Crippen LogP contribution in [0.2, 0.25) is 0 Å². The second-order valence-electron chi connectivity index (χ2n) is 10.2. The van der Waals surface area contributed by atoms with Crippen LogP contribution in [0, 0.1) is 0 Å². The molecule has 0 bridgehead atoms. The molecule has 2 atom stereocenters. The molecule has 3 N–H and O–H groups in total. The lowest BCUT2D eigenvalue weighted by Crippen LogP contribution is -2.40. The van der Waals surface area contributed by atoms with Crippen molar-refractivity contribution in [3.63, 3.8) is 0 Å². The van der Waals surface area contributed by atoms with E-state index in [4.69, 9.17) is 9.72 Å². The Hall–Kier alpha value is -1.65. The molecular formula is C25H36N4O3S2. The zero-order valence-electron chi connectivity index (χ0n) is 20.3. The van der Waals surface area contributed by atoms with Gasteiger partial charge in [0.25, 0.3) is 0 Å². The number of carbonyl (C=O) groups is 1. The van der Waals surface area contributed by atoms with Gasteiger partial charge in [0.2, 0.25) is 0 Å². The van der Waals surface area contributed by atoms with Crippen molar-refractivity contribution in [2.75, 3.05) is 18.5 Å². The lowest BCUT2D eigenvalue weighted by atomic mass is 9.90. The van der Waals surface area contributed by atoms with E-state index in [1.54, 1.807) is 17.4 Å². The number of nitrogens with zero attached hydrogens (tertiary/aromatic N) is 1. The van der Waals surface area contributed by atoms with Crippen molar-refractivity contribution in [3.8, 4) is 10.4 Å². The Balaban J connectivity index is 1.53. The minimum atomic E-state index is -1.46. The van der Waals surface area contributed by atoms with Crippen LogP contribution < -0.4 is 15.4 Å². The molecule has 186 valence electrons. The maximum atomic E-state index is 13.3. The first-order valence-corrected chi connectivity index (χ1v) is 14.2. The molecule has 0 spiro atoms. The number of carbonyl (C=O) groups excluding carboxylic acids is 1. The van der Waals surface area contributed by atoms with Gasteiger partial charge in [0, 0.05) is 29.9 Å². The predicted octanol–water partition coefficient (Wildman–Crippen LogP) is 5.57. The molecule has 34 heavy (non-hydrogen) atoms. The molecule has 1 aromatic carbocycles. The minimum Gasteiger partial charge on any atom is -0.593 e. The Kier molecular flexibility index (Phi) is 8.52. The van der Waals surface area contributed by atoms with Crippen molar-refractivity contribution in [1.29, 1.82) is 0 Å². The number of rotatable bonds is 7. The van der Waals surface area contributed by atoms with Crippen LogP contribution in [0.15, 0.2) is 29.3 Å². The van der Waals surface area contributed by atoms with E-state index in [0.29, 0.717) is 23.1 Å². The van der Waals surface area contributed by atoms with E-state index < -0.39 is 17.5 Å². The van der Waals surface area contributed by atoms with Crippen molar-refractivity contribution in [2.24, 2.45) is 0 Å². The number of hydrogen-bond acceptors (Lipinski definition) is 7. The first kappa shape index (κ1) is 25.4. The maximum absolute atomic E-state index is 13.3. The Morgan fingerprint density at radius 1 is 1.24 bits per heavy atom. The Morgan fingerprint density at radius 2 is 2.03 bits per heavy atom. The smallest absolute Gasteiger partial charge is 0.411 e. The van der Waals surface area contributed by atoms with E-state index in [2.05, 4.69) is 15.4 Å². The van der Waals surface area contributed by atoms with Crippen molar-refractivity contribution in [1.82, 2.24) is 15.0 Å². The molecule has 1 amide bonds. The zero-order valence-corrected chi connectivity index (χ0v) is 21.9. The summed E-state index contributed by atoms with van der Waals surface area (Å²) < 4.78 is 21.9. The number of nitrogens with one attached hydrogen (secondary N) is 3. The first-order chi connectivity index (χ1) is 16.3. The summed E-state index contributed by atoms with van der Waals surface area (Å²) in [5.74, 6) is 0.527. The summed E-state index contributed by atoms with van der Waals surface area (Å²) in [6.45, 7) is 7.26. The van der Waals surface area contributed by atoms with Gasteiger partial charge in [-0.05, 0) is 65.1 Å². The average Bonchev–Trinajstić information content (AvgIpc) is 3.50. The summed E-state index contributed by atoms with van der Waals surface area (Å²) in [5.41, 5.74) is 1.10. The molecule has 1 saturated carbocycles. The monoisotopic (exact) mass is 504 g/mol. The molecule has 0 radical (unpaired) electrons. The van der Waals surface area contributed by atoms with Gasteiger partial charge in [-0.1, -0.05) is 19.3 Å². The Bertz CT molecular complexity index is 963. The van der Waals surface area contributed by atoms with Gasteiger partial charge in [-0.25, -0.2) is 9.78 Å². The van der Waals surface area contributed by atoms with Gasteiger partial charge in [-0.15, -0.1) is 16.1 Å². The second kappa shape index (κ2) is 11.4. The lowest BCUT2D eigenvalue weighted by molar-refractivity contribution is 0.151. The van der Waals surface area contributed by atoms with Crippen molar-refractivity contribution in [3.05, 3.63) is 29.4 Å². The van der Waals surface area contributed by atoms with Crippen LogP contribution in [0.3, 0.4) is 0 Å². The quantitative estimate of drug-likeness (QED) is 0.427. The average molecular weight is 505 g/mol. The van der Waals surface area contributed by atoms with Crippen LogP contribution in [-0.2, 0) is 16.1 Å². The fraction of sp³-hybridized carbons (Fsp3) is 0.600. The van der Waals surface area contributed by atoms with Crippen LogP contribution in [0.1, 0.15) is 76.6 Å². The molecule has 2 heterocycles. The molecule has 9 heteroatoms. The van der Waals surface area contributed by atoms with Crippen molar-refractivity contribution in [2.45, 2.75) is 88.1 Å². The molecule has 2 unspecified atom stereocenters. The molecule has 2 aromatic rings. The predicted molar refractivity (Wildman–Crippen MR) is 139 cm³/mol. The second-order valence-corrected chi connectivity index (χ2v) is 12.5. The van der Waals surface area contributed by atoms with Crippen LogP contribution in [0.5, 0.6) is 0 Å². The largest absolute Gasteiger partial charge is 0.593 e. The number of hydrogen-bond donors (Lipinski definition) is 3. The van der Waals surface area contributed by atoms with E-state index in [1.165, 1.54) is 37.1 Å². The highest BCUT2D eigenvalue weighted by Gasteiger charge is 2.27. The molecule has 7 nitrogen and oxygen atoms in total. The third kappa shape index (κ3) is 6.95. The van der Waals surface area contributed by atoms with Crippen LogP contribution in [0.25, 0.3) is 10.4 Å². The number of amides is 1. The fourth-order valence-electron chi connectivity index (χ4n) is 4.47. The molecular weight excluding hydrogens is 468 g/mol. The van der Waals surface area contributed by atoms with Gasteiger partial charge in [0.15, 0.2) is 4.90 Å². The highest BCUT2D eigenvalue weighted by atomic mass is 32.2. The summed E-state index contributed by atoms with van der Waals surface area (Å²) in [6.07, 6.45) is 9.74. The fourth-order valence-corrected chi connectivity index (χ4v) is 6.94. The van der Waals surface area contributed by atoms with Crippen LogP contribution >= 0.6 is 11.3 Å². The maximum Gasteiger partial charge on any atom is 0.411 e. The lowest BCUT2D eigenvalue weighted by Gasteiger charge is -2.23. The molecule has 1 aliphatic carbocycles. The summed E-state index contributed by atoms with van der Waals surface area (Å²) in [5, 5.41) is 7.28.